The molecule has 0 spiro atoms. The fourth-order valence-electron chi connectivity index (χ4n) is 2.29. The number of aromatic nitrogens is 2. The van der Waals surface area contributed by atoms with Crippen LogP contribution in [0.4, 0.5) is 5.69 Å². The van der Waals surface area contributed by atoms with E-state index in [0.29, 0.717) is 5.75 Å². The third kappa shape index (κ3) is 2.72. The van der Waals surface area contributed by atoms with Crippen molar-refractivity contribution in [3.8, 4) is 5.75 Å². The van der Waals surface area contributed by atoms with E-state index in [4.69, 9.17) is 4.74 Å². The van der Waals surface area contributed by atoms with E-state index in [1.807, 2.05) is 42.5 Å². The molecule has 1 aromatic heterocycles. The molecule has 3 rings (SSSR count). The van der Waals surface area contributed by atoms with Gasteiger partial charge in [0, 0.05) is 10.9 Å². The largest absolute Gasteiger partial charge is 0.496 e. The van der Waals surface area contributed by atoms with E-state index in [1.54, 1.807) is 13.3 Å². The molecule has 106 valence electrons. The molecular formula is C16H15N3O2. The quantitative estimate of drug-likeness (QED) is 0.772. The van der Waals surface area contributed by atoms with Gasteiger partial charge >= 0.3 is 0 Å². The molecule has 21 heavy (non-hydrogen) atoms. The lowest BCUT2D eigenvalue weighted by molar-refractivity contribution is -0.115. The lowest BCUT2D eigenvalue weighted by atomic mass is 10.1. The van der Waals surface area contributed by atoms with Crippen molar-refractivity contribution in [2.75, 3.05) is 12.4 Å². The third-order valence-electron chi connectivity index (χ3n) is 3.29. The van der Waals surface area contributed by atoms with Gasteiger partial charge in [0.2, 0.25) is 5.91 Å². The molecule has 0 bridgehead atoms. The molecule has 0 aliphatic carbocycles. The summed E-state index contributed by atoms with van der Waals surface area (Å²) in [6.45, 7) is 0. The lowest BCUT2D eigenvalue weighted by Crippen LogP contribution is -2.15. The maximum Gasteiger partial charge on any atom is 0.228 e. The maximum atomic E-state index is 12.2. The molecule has 1 amide bonds. The number of para-hydroxylation sites is 2. The third-order valence-corrected chi connectivity index (χ3v) is 3.29. The first-order valence-electron chi connectivity index (χ1n) is 6.62. The SMILES string of the molecule is COc1ccccc1CC(=O)Nc1cccc2cn[nH]c12. The van der Waals surface area contributed by atoms with Crippen molar-refractivity contribution in [3.63, 3.8) is 0 Å². The summed E-state index contributed by atoms with van der Waals surface area (Å²) in [6, 6.07) is 13.2. The van der Waals surface area contributed by atoms with Crippen LogP contribution in [0.1, 0.15) is 5.56 Å². The smallest absolute Gasteiger partial charge is 0.228 e. The molecule has 2 N–H and O–H groups in total. The van der Waals surface area contributed by atoms with Crippen LogP contribution < -0.4 is 10.1 Å². The van der Waals surface area contributed by atoms with E-state index in [2.05, 4.69) is 15.5 Å². The zero-order chi connectivity index (χ0) is 14.7. The summed E-state index contributed by atoms with van der Waals surface area (Å²) in [5.74, 6) is 0.619. The number of carbonyl (C=O) groups is 1. The predicted octanol–water partition coefficient (Wildman–Crippen LogP) is 2.75. The van der Waals surface area contributed by atoms with Gasteiger partial charge in [0.1, 0.15) is 5.75 Å². The van der Waals surface area contributed by atoms with Gasteiger partial charge in [-0.05, 0) is 12.1 Å². The lowest BCUT2D eigenvalue weighted by Gasteiger charge is -2.09. The molecule has 0 atom stereocenters. The Labute approximate surface area is 121 Å². The number of nitrogens with one attached hydrogen (secondary N) is 2. The maximum absolute atomic E-state index is 12.2. The second-order valence-corrected chi connectivity index (χ2v) is 4.68. The van der Waals surface area contributed by atoms with Crippen LogP contribution in [-0.4, -0.2) is 23.2 Å². The van der Waals surface area contributed by atoms with Crippen LogP contribution in [0.25, 0.3) is 10.9 Å². The molecule has 5 nitrogen and oxygen atoms in total. The van der Waals surface area contributed by atoms with Gasteiger partial charge in [-0.1, -0.05) is 30.3 Å². The number of hydrogen-bond acceptors (Lipinski definition) is 3. The second kappa shape index (κ2) is 5.66. The number of nitrogens with zero attached hydrogens (tertiary/aromatic N) is 1. The normalized spacial score (nSPS) is 10.5. The predicted molar refractivity (Wildman–Crippen MR) is 81.4 cm³/mol. The van der Waals surface area contributed by atoms with Crippen LogP contribution in [0.3, 0.4) is 0 Å². The first-order chi connectivity index (χ1) is 10.3. The molecule has 5 heteroatoms. The van der Waals surface area contributed by atoms with E-state index in [-0.39, 0.29) is 12.3 Å². The molecule has 3 aromatic rings. The number of rotatable bonds is 4. The minimum absolute atomic E-state index is 0.0957. The van der Waals surface area contributed by atoms with Gasteiger partial charge < -0.3 is 10.1 Å². The number of hydrogen-bond donors (Lipinski definition) is 2. The Morgan fingerprint density at radius 1 is 1.24 bits per heavy atom. The number of amides is 1. The fourth-order valence-corrected chi connectivity index (χ4v) is 2.29. The molecule has 0 unspecified atom stereocenters. The van der Waals surface area contributed by atoms with E-state index < -0.39 is 0 Å². The first kappa shape index (κ1) is 13.2. The number of aromatic amines is 1. The molecule has 0 aliphatic heterocycles. The summed E-state index contributed by atoms with van der Waals surface area (Å²) in [5.41, 5.74) is 2.41. The second-order valence-electron chi connectivity index (χ2n) is 4.68. The number of fused-ring (bicyclic) bond motifs is 1. The summed E-state index contributed by atoms with van der Waals surface area (Å²) < 4.78 is 5.26. The summed E-state index contributed by atoms with van der Waals surface area (Å²) in [5, 5.41) is 10.7. The number of benzene rings is 2. The molecule has 0 saturated carbocycles. The highest BCUT2D eigenvalue weighted by Crippen LogP contribution is 2.22. The molecule has 1 heterocycles. The molecule has 0 saturated heterocycles. The van der Waals surface area contributed by atoms with Crippen molar-refractivity contribution in [2.45, 2.75) is 6.42 Å². The zero-order valence-corrected chi connectivity index (χ0v) is 11.6. The average Bonchev–Trinajstić information content (AvgIpc) is 2.97. The van der Waals surface area contributed by atoms with Crippen LogP contribution in [-0.2, 0) is 11.2 Å². The van der Waals surface area contributed by atoms with Crippen molar-refractivity contribution >= 4 is 22.5 Å². The number of H-pyrrole nitrogens is 1. The minimum atomic E-state index is -0.0957. The van der Waals surface area contributed by atoms with E-state index in [1.165, 1.54) is 0 Å². The summed E-state index contributed by atoms with van der Waals surface area (Å²) in [4.78, 5) is 12.2. The van der Waals surface area contributed by atoms with Gasteiger partial charge in [-0.25, -0.2) is 0 Å². The first-order valence-corrected chi connectivity index (χ1v) is 6.62. The van der Waals surface area contributed by atoms with Gasteiger partial charge in [0.15, 0.2) is 0 Å². The van der Waals surface area contributed by atoms with Gasteiger partial charge in [0.25, 0.3) is 0 Å². The average molecular weight is 281 g/mol. The van der Waals surface area contributed by atoms with E-state index >= 15 is 0 Å². The van der Waals surface area contributed by atoms with Gasteiger partial charge in [-0.2, -0.15) is 5.10 Å². The van der Waals surface area contributed by atoms with Gasteiger partial charge in [0.05, 0.1) is 30.9 Å². The Kier molecular flexibility index (Phi) is 3.55. The molecule has 0 aliphatic rings. The molecule has 0 radical (unpaired) electrons. The number of ether oxygens (including phenoxy) is 1. The number of methoxy groups -OCH3 is 1. The van der Waals surface area contributed by atoms with Crippen molar-refractivity contribution in [1.82, 2.24) is 10.2 Å². The summed E-state index contributed by atoms with van der Waals surface area (Å²) in [6.07, 6.45) is 1.99. The highest BCUT2D eigenvalue weighted by molar-refractivity contribution is 6.00. The number of carbonyl (C=O) groups excluding carboxylic acids is 1. The Morgan fingerprint density at radius 3 is 2.95 bits per heavy atom. The van der Waals surface area contributed by atoms with Crippen LogP contribution in [0.15, 0.2) is 48.7 Å². The van der Waals surface area contributed by atoms with Crippen molar-refractivity contribution in [2.24, 2.45) is 0 Å². The zero-order valence-electron chi connectivity index (χ0n) is 11.6. The van der Waals surface area contributed by atoms with Crippen LogP contribution in [0, 0.1) is 0 Å². The highest BCUT2D eigenvalue weighted by Gasteiger charge is 2.10. The Hall–Kier alpha value is -2.82. The Balaban J connectivity index is 1.79. The Morgan fingerprint density at radius 2 is 2.10 bits per heavy atom. The van der Waals surface area contributed by atoms with E-state index in [9.17, 15) is 4.79 Å². The summed E-state index contributed by atoms with van der Waals surface area (Å²) >= 11 is 0. The Bertz CT molecular complexity index is 780. The highest BCUT2D eigenvalue weighted by atomic mass is 16.5. The summed E-state index contributed by atoms with van der Waals surface area (Å²) in [7, 11) is 1.60. The van der Waals surface area contributed by atoms with Gasteiger partial charge in [-0.3, -0.25) is 9.89 Å². The minimum Gasteiger partial charge on any atom is -0.496 e. The molecule has 2 aromatic carbocycles. The molecular weight excluding hydrogens is 266 g/mol. The van der Waals surface area contributed by atoms with Crippen LogP contribution in [0.5, 0.6) is 5.75 Å². The molecule has 0 fully saturated rings. The topological polar surface area (TPSA) is 67.0 Å². The van der Waals surface area contributed by atoms with Crippen LogP contribution in [0.2, 0.25) is 0 Å². The van der Waals surface area contributed by atoms with Crippen LogP contribution >= 0.6 is 0 Å². The van der Waals surface area contributed by atoms with Gasteiger partial charge in [-0.15, -0.1) is 0 Å². The number of anilines is 1. The standard InChI is InChI=1S/C16H15N3O2/c1-21-14-8-3-2-5-11(14)9-15(20)18-13-7-4-6-12-10-17-19-16(12)13/h2-8,10H,9H2,1H3,(H,17,19)(H,18,20). The van der Waals surface area contributed by atoms with Crippen molar-refractivity contribution in [3.05, 3.63) is 54.2 Å². The fraction of sp³-hybridized carbons (Fsp3) is 0.125. The van der Waals surface area contributed by atoms with Crippen molar-refractivity contribution < 1.29 is 9.53 Å². The van der Waals surface area contributed by atoms with E-state index in [0.717, 1.165) is 22.2 Å². The monoisotopic (exact) mass is 281 g/mol. The van der Waals surface area contributed by atoms with Crippen molar-refractivity contribution in [1.29, 1.82) is 0 Å².